The Morgan fingerprint density at radius 2 is 2.18 bits per heavy atom. The molecular weight excluding hydrogens is 299 g/mol. The molecule has 0 aliphatic rings. The summed E-state index contributed by atoms with van der Waals surface area (Å²) in [4.78, 5) is 11.7. The minimum atomic E-state index is -4.41. The number of aromatic nitrogens is 2. The van der Waals surface area contributed by atoms with Crippen LogP contribution in [0.4, 0.5) is 13.2 Å². The number of hydrogen-bond donors (Lipinski definition) is 1. The third kappa shape index (κ3) is 4.24. The molecule has 0 atom stereocenters. The quantitative estimate of drug-likeness (QED) is 0.861. The molecule has 0 radical (unpaired) electrons. The van der Waals surface area contributed by atoms with Crippen LogP contribution in [0.1, 0.15) is 15.9 Å². The van der Waals surface area contributed by atoms with Gasteiger partial charge in [0.2, 0.25) is 0 Å². The molecule has 0 spiro atoms. The summed E-state index contributed by atoms with van der Waals surface area (Å²) < 4.78 is 44.3. The number of rotatable bonds is 5. The monoisotopic (exact) mass is 313 g/mol. The van der Waals surface area contributed by atoms with Crippen molar-refractivity contribution in [2.45, 2.75) is 6.18 Å². The Morgan fingerprint density at radius 1 is 1.41 bits per heavy atom. The molecule has 1 heterocycles. The van der Waals surface area contributed by atoms with Crippen LogP contribution in [0.15, 0.2) is 36.7 Å². The Hall–Kier alpha value is -2.51. The zero-order valence-electron chi connectivity index (χ0n) is 11.7. The third-order valence-electron chi connectivity index (χ3n) is 2.78. The fourth-order valence-electron chi connectivity index (χ4n) is 1.74. The molecule has 0 saturated carbocycles. The van der Waals surface area contributed by atoms with Crippen LogP contribution in [-0.2, 0) is 13.2 Å². The van der Waals surface area contributed by atoms with Gasteiger partial charge < -0.3 is 10.1 Å². The normalized spacial score (nSPS) is 11.3. The SMILES string of the molecule is Cn1cc(C(=O)NCCOc2cccc(C(F)(F)F)c2)cn1. The molecule has 0 bridgehead atoms. The predicted molar refractivity (Wildman–Crippen MR) is 72.5 cm³/mol. The van der Waals surface area contributed by atoms with E-state index in [9.17, 15) is 18.0 Å². The van der Waals surface area contributed by atoms with Crippen molar-refractivity contribution in [3.8, 4) is 5.75 Å². The lowest BCUT2D eigenvalue weighted by atomic mass is 10.2. The highest BCUT2D eigenvalue weighted by Gasteiger charge is 2.30. The molecule has 1 aromatic carbocycles. The highest BCUT2D eigenvalue weighted by atomic mass is 19.4. The third-order valence-corrected chi connectivity index (χ3v) is 2.78. The Balaban J connectivity index is 1.81. The maximum atomic E-state index is 12.5. The number of ether oxygens (including phenoxy) is 1. The summed E-state index contributed by atoms with van der Waals surface area (Å²) >= 11 is 0. The highest BCUT2D eigenvalue weighted by molar-refractivity contribution is 5.93. The van der Waals surface area contributed by atoms with Crippen LogP contribution in [0.2, 0.25) is 0 Å². The predicted octanol–water partition coefficient (Wildman–Crippen LogP) is 2.25. The summed E-state index contributed by atoms with van der Waals surface area (Å²) in [7, 11) is 1.69. The lowest BCUT2D eigenvalue weighted by Gasteiger charge is -2.10. The highest BCUT2D eigenvalue weighted by Crippen LogP contribution is 2.31. The molecule has 2 aromatic rings. The van der Waals surface area contributed by atoms with Crippen molar-refractivity contribution in [1.82, 2.24) is 15.1 Å². The van der Waals surface area contributed by atoms with Crippen LogP contribution in [0.5, 0.6) is 5.75 Å². The van der Waals surface area contributed by atoms with Gasteiger partial charge in [0.05, 0.1) is 23.9 Å². The van der Waals surface area contributed by atoms with Gasteiger partial charge in [0.15, 0.2) is 0 Å². The van der Waals surface area contributed by atoms with Gasteiger partial charge >= 0.3 is 6.18 Å². The molecule has 0 aliphatic heterocycles. The Morgan fingerprint density at radius 3 is 2.82 bits per heavy atom. The number of amides is 1. The number of alkyl halides is 3. The average molecular weight is 313 g/mol. The number of carbonyl (C=O) groups excluding carboxylic acids is 1. The number of carbonyl (C=O) groups is 1. The van der Waals surface area contributed by atoms with Crippen LogP contribution in [0.3, 0.4) is 0 Å². The van der Waals surface area contributed by atoms with E-state index in [1.165, 1.54) is 23.0 Å². The number of halogens is 3. The summed E-state index contributed by atoms with van der Waals surface area (Å²) in [6.45, 7) is 0.233. The van der Waals surface area contributed by atoms with E-state index in [-0.39, 0.29) is 24.8 Å². The van der Waals surface area contributed by atoms with Crippen molar-refractivity contribution < 1.29 is 22.7 Å². The minimum absolute atomic E-state index is 0.0628. The first-order valence-corrected chi connectivity index (χ1v) is 6.43. The van der Waals surface area contributed by atoms with Gasteiger partial charge in [0.25, 0.3) is 5.91 Å². The Bertz CT molecular complexity index is 653. The van der Waals surface area contributed by atoms with Crippen molar-refractivity contribution in [3.05, 3.63) is 47.8 Å². The first-order valence-electron chi connectivity index (χ1n) is 6.43. The molecule has 0 aliphatic carbocycles. The maximum absolute atomic E-state index is 12.5. The van der Waals surface area contributed by atoms with Gasteiger partial charge in [-0.25, -0.2) is 0 Å². The number of nitrogens with one attached hydrogen (secondary N) is 1. The van der Waals surface area contributed by atoms with E-state index in [1.54, 1.807) is 13.2 Å². The van der Waals surface area contributed by atoms with Gasteiger partial charge in [0.1, 0.15) is 12.4 Å². The lowest BCUT2D eigenvalue weighted by molar-refractivity contribution is -0.137. The summed E-state index contributed by atoms with van der Waals surface area (Å²) in [6.07, 6.45) is -1.43. The van der Waals surface area contributed by atoms with Gasteiger partial charge in [-0.3, -0.25) is 9.48 Å². The molecular formula is C14H14F3N3O2. The summed E-state index contributed by atoms with van der Waals surface area (Å²) in [6, 6.07) is 4.59. The fourth-order valence-corrected chi connectivity index (χ4v) is 1.74. The average Bonchev–Trinajstić information content (AvgIpc) is 2.89. The van der Waals surface area contributed by atoms with E-state index in [0.717, 1.165) is 12.1 Å². The van der Waals surface area contributed by atoms with E-state index in [4.69, 9.17) is 4.74 Å². The molecule has 1 amide bonds. The first kappa shape index (κ1) is 15.9. The van der Waals surface area contributed by atoms with Gasteiger partial charge in [-0.1, -0.05) is 6.07 Å². The van der Waals surface area contributed by atoms with Crippen molar-refractivity contribution >= 4 is 5.91 Å². The summed E-state index contributed by atoms with van der Waals surface area (Å²) in [5.74, 6) is -0.216. The van der Waals surface area contributed by atoms with Crippen LogP contribution < -0.4 is 10.1 Å². The topological polar surface area (TPSA) is 56.2 Å². The lowest BCUT2D eigenvalue weighted by Crippen LogP contribution is -2.27. The number of benzene rings is 1. The second-order valence-electron chi connectivity index (χ2n) is 4.53. The fraction of sp³-hybridized carbons (Fsp3) is 0.286. The zero-order valence-corrected chi connectivity index (χ0v) is 11.7. The van der Waals surface area contributed by atoms with Crippen molar-refractivity contribution in [2.24, 2.45) is 7.05 Å². The van der Waals surface area contributed by atoms with E-state index in [0.29, 0.717) is 5.56 Å². The van der Waals surface area contributed by atoms with Gasteiger partial charge in [-0.2, -0.15) is 18.3 Å². The largest absolute Gasteiger partial charge is 0.492 e. The van der Waals surface area contributed by atoms with Crippen LogP contribution in [0.25, 0.3) is 0 Å². The second-order valence-corrected chi connectivity index (χ2v) is 4.53. The summed E-state index contributed by atoms with van der Waals surface area (Å²) in [5.41, 5.74) is -0.369. The number of aryl methyl sites for hydroxylation is 1. The molecule has 1 aromatic heterocycles. The Labute approximate surface area is 124 Å². The number of nitrogens with zero attached hydrogens (tertiary/aromatic N) is 2. The first-order chi connectivity index (χ1) is 10.4. The van der Waals surface area contributed by atoms with Crippen molar-refractivity contribution in [2.75, 3.05) is 13.2 Å². The van der Waals surface area contributed by atoms with E-state index in [1.807, 2.05) is 0 Å². The molecule has 8 heteroatoms. The smallest absolute Gasteiger partial charge is 0.416 e. The van der Waals surface area contributed by atoms with Crippen LogP contribution >= 0.6 is 0 Å². The standard InChI is InChI=1S/C14H14F3N3O2/c1-20-9-10(8-19-20)13(21)18-5-6-22-12-4-2-3-11(7-12)14(15,16)17/h2-4,7-9H,5-6H2,1H3,(H,18,21). The molecule has 2 rings (SSSR count). The Kier molecular flexibility index (Phi) is 4.69. The second kappa shape index (κ2) is 6.50. The number of hydrogen-bond acceptors (Lipinski definition) is 3. The van der Waals surface area contributed by atoms with Crippen molar-refractivity contribution in [1.29, 1.82) is 0 Å². The molecule has 5 nitrogen and oxygen atoms in total. The van der Waals surface area contributed by atoms with Crippen LogP contribution in [0, 0.1) is 0 Å². The summed E-state index contributed by atoms with van der Waals surface area (Å²) in [5, 5.41) is 6.45. The molecule has 0 saturated heterocycles. The van der Waals surface area contributed by atoms with Gasteiger partial charge in [-0.15, -0.1) is 0 Å². The van der Waals surface area contributed by atoms with Gasteiger partial charge in [-0.05, 0) is 18.2 Å². The molecule has 118 valence electrons. The molecule has 0 fully saturated rings. The van der Waals surface area contributed by atoms with E-state index < -0.39 is 11.7 Å². The molecule has 22 heavy (non-hydrogen) atoms. The van der Waals surface area contributed by atoms with E-state index in [2.05, 4.69) is 10.4 Å². The maximum Gasteiger partial charge on any atom is 0.416 e. The van der Waals surface area contributed by atoms with Gasteiger partial charge in [0, 0.05) is 13.2 Å². The molecule has 0 unspecified atom stereocenters. The molecule has 1 N–H and O–H groups in total. The van der Waals surface area contributed by atoms with Crippen LogP contribution in [-0.4, -0.2) is 28.8 Å². The minimum Gasteiger partial charge on any atom is -0.492 e. The van der Waals surface area contributed by atoms with Crippen molar-refractivity contribution in [3.63, 3.8) is 0 Å². The zero-order chi connectivity index (χ0) is 16.2. The van der Waals surface area contributed by atoms with E-state index >= 15 is 0 Å².